The number of likely N-dealkylation sites (N-methyl/N-ethyl adjacent to an activating group) is 1. The summed E-state index contributed by atoms with van der Waals surface area (Å²) >= 11 is 0. The lowest BCUT2D eigenvalue weighted by molar-refractivity contribution is -0.120. The maximum absolute atomic E-state index is 13.1. The summed E-state index contributed by atoms with van der Waals surface area (Å²) in [6.07, 6.45) is 4.57. The van der Waals surface area contributed by atoms with Crippen molar-refractivity contribution in [1.29, 1.82) is 0 Å². The molecule has 132 valence electrons. The number of para-hydroxylation sites is 1. The van der Waals surface area contributed by atoms with Crippen molar-refractivity contribution in [2.24, 2.45) is 7.05 Å². The van der Waals surface area contributed by atoms with E-state index in [1.54, 1.807) is 41.8 Å². The molecule has 3 rings (SSSR count). The Kier molecular flexibility index (Phi) is 4.88. The molecule has 0 radical (unpaired) electrons. The maximum atomic E-state index is 13.1. The first-order valence-electron chi connectivity index (χ1n) is 8.59. The van der Waals surface area contributed by atoms with Crippen molar-refractivity contribution in [3.63, 3.8) is 0 Å². The molecule has 0 saturated heterocycles. The normalized spacial score (nSPS) is 16.2. The smallest absolute Gasteiger partial charge is 0.340 e. The molecule has 0 bridgehead atoms. The predicted octanol–water partition coefficient (Wildman–Crippen LogP) is 2.68. The Balaban J connectivity index is 1.91. The van der Waals surface area contributed by atoms with E-state index in [2.05, 4.69) is 5.10 Å². The first-order valence-corrected chi connectivity index (χ1v) is 8.59. The Labute approximate surface area is 147 Å². The van der Waals surface area contributed by atoms with Gasteiger partial charge in [-0.05, 0) is 38.3 Å². The molecule has 1 aliphatic rings. The number of fused-ring (bicyclic) bond motifs is 1. The highest BCUT2D eigenvalue weighted by Gasteiger charge is 2.32. The minimum absolute atomic E-state index is 0.0225. The number of amides is 1. The van der Waals surface area contributed by atoms with Crippen molar-refractivity contribution in [2.75, 3.05) is 18.6 Å². The predicted molar refractivity (Wildman–Crippen MR) is 94.7 cm³/mol. The summed E-state index contributed by atoms with van der Waals surface area (Å²) in [7, 11) is 3.59. The zero-order valence-electron chi connectivity index (χ0n) is 14.9. The average Bonchev–Trinajstić information content (AvgIpc) is 3.00. The van der Waals surface area contributed by atoms with Gasteiger partial charge in [0.2, 0.25) is 5.91 Å². The van der Waals surface area contributed by atoms with Crippen LogP contribution in [-0.4, -0.2) is 35.3 Å². The van der Waals surface area contributed by atoms with Crippen LogP contribution in [0.1, 0.15) is 47.3 Å². The summed E-state index contributed by atoms with van der Waals surface area (Å²) < 4.78 is 6.88. The molecule has 1 aromatic heterocycles. The van der Waals surface area contributed by atoms with E-state index >= 15 is 0 Å². The van der Waals surface area contributed by atoms with E-state index in [0.29, 0.717) is 17.9 Å². The molecule has 2 aromatic rings. The molecule has 0 spiro atoms. The van der Waals surface area contributed by atoms with Gasteiger partial charge in [-0.15, -0.1) is 0 Å². The summed E-state index contributed by atoms with van der Waals surface area (Å²) in [5.41, 5.74) is 2.97. The number of anilines is 1. The minimum Gasteiger partial charge on any atom is -0.462 e. The number of aromatic nitrogens is 2. The van der Waals surface area contributed by atoms with Crippen LogP contribution in [0.15, 0.2) is 30.5 Å². The van der Waals surface area contributed by atoms with Gasteiger partial charge in [0.15, 0.2) is 0 Å². The zero-order chi connectivity index (χ0) is 18.0. The van der Waals surface area contributed by atoms with E-state index in [4.69, 9.17) is 4.74 Å². The second kappa shape index (κ2) is 7.09. The van der Waals surface area contributed by atoms with Gasteiger partial charge in [0.05, 0.1) is 29.5 Å². The lowest BCUT2D eigenvalue weighted by Crippen LogP contribution is -2.34. The summed E-state index contributed by atoms with van der Waals surface area (Å²) in [5, 5.41) is 4.46. The molecular weight excluding hydrogens is 318 g/mol. The number of hydrogen-bond acceptors (Lipinski definition) is 4. The monoisotopic (exact) mass is 341 g/mol. The van der Waals surface area contributed by atoms with Crippen LogP contribution in [0.25, 0.3) is 0 Å². The Morgan fingerprint density at radius 1 is 1.36 bits per heavy atom. The van der Waals surface area contributed by atoms with Gasteiger partial charge in [0.1, 0.15) is 0 Å². The van der Waals surface area contributed by atoms with Gasteiger partial charge < -0.3 is 9.64 Å². The molecule has 6 heteroatoms. The largest absolute Gasteiger partial charge is 0.462 e. The van der Waals surface area contributed by atoms with Gasteiger partial charge in [-0.25, -0.2) is 4.79 Å². The fourth-order valence-electron chi connectivity index (χ4n) is 3.42. The van der Waals surface area contributed by atoms with E-state index in [0.717, 1.165) is 30.5 Å². The number of benzene rings is 1. The number of aryl methyl sites for hydroxylation is 2. The van der Waals surface area contributed by atoms with Crippen LogP contribution in [0.2, 0.25) is 0 Å². The molecule has 1 aliphatic carbocycles. The van der Waals surface area contributed by atoms with Crippen LogP contribution in [0, 0.1) is 0 Å². The Morgan fingerprint density at radius 3 is 2.88 bits per heavy atom. The number of esters is 1. The molecule has 0 N–H and O–H groups in total. The molecular formula is C19H23N3O3. The van der Waals surface area contributed by atoms with Crippen molar-refractivity contribution < 1.29 is 14.3 Å². The molecule has 0 unspecified atom stereocenters. The van der Waals surface area contributed by atoms with Crippen LogP contribution in [0.5, 0.6) is 0 Å². The van der Waals surface area contributed by atoms with Gasteiger partial charge in [0.25, 0.3) is 0 Å². The maximum Gasteiger partial charge on any atom is 0.340 e. The second-order valence-electron chi connectivity index (χ2n) is 6.28. The van der Waals surface area contributed by atoms with Gasteiger partial charge in [0, 0.05) is 25.9 Å². The molecule has 1 heterocycles. The highest BCUT2D eigenvalue weighted by Crippen LogP contribution is 2.33. The van der Waals surface area contributed by atoms with E-state index < -0.39 is 5.97 Å². The number of carbonyl (C=O) groups is 2. The van der Waals surface area contributed by atoms with Crippen LogP contribution in [0.3, 0.4) is 0 Å². The zero-order valence-corrected chi connectivity index (χ0v) is 14.9. The SMILES string of the molecule is CCOC(=O)c1ccccc1N(C)C(=O)[C@@H]1CCCc2nn(C)cc21. The van der Waals surface area contributed by atoms with Crippen LogP contribution >= 0.6 is 0 Å². The molecule has 0 saturated carbocycles. The molecule has 1 amide bonds. The Hall–Kier alpha value is -2.63. The van der Waals surface area contributed by atoms with Gasteiger partial charge in [-0.2, -0.15) is 5.10 Å². The lowest BCUT2D eigenvalue weighted by Gasteiger charge is -2.27. The molecule has 1 aromatic carbocycles. The van der Waals surface area contributed by atoms with Crippen molar-refractivity contribution in [3.8, 4) is 0 Å². The third-order valence-electron chi connectivity index (χ3n) is 4.61. The Bertz CT molecular complexity index is 797. The van der Waals surface area contributed by atoms with Gasteiger partial charge in [-0.3, -0.25) is 9.48 Å². The summed E-state index contributed by atoms with van der Waals surface area (Å²) in [6.45, 7) is 2.06. The molecule has 25 heavy (non-hydrogen) atoms. The third kappa shape index (κ3) is 3.29. The number of carbonyl (C=O) groups excluding carboxylic acids is 2. The lowest BCUT2D eigenvalue weighted by atomic mass is 9.86. The van der Waals surface area contributed by atoms with Crippen molar-refractivity contribution in [1.82, 2.24) is 9.78 Å². The quantitative estimate of drug-likeness (QED) is 0.802. The summed E-state index contributed by atoms with van der Waals surface area (Å²) in [5.74, 6) is -0.660. The van der Waals surface area contributed by atoms with Crippen LogP contribution in [-0.2, 0) is 23.0 Å². The van der Waals surface area contributed by atoms with E-state index in [9.17, 15) is 9.59 Å². The van der Waals surface area contributed by atoms with E-state index in [1.165, 1.54) is 0 Å². The Morgan fingerprint density at radius 2 is 2.12 bits per heavy atom. The van der Waals surface area contributed by atoms with Gasteiger partial charge >= 0.3 is 5.97 Å². The van der Waals surface area contributed by atoms with Gasteiger partial charge in [-0.1, -0.05) is 12.1 Å². The van der Waals surface area contributed by atoms with Crippen molar-refractivity contribution in [2.45, 2.75) is 32.1 Å². The summed E-state index contributed by atoms with van der Waals surface area (Å²) in [4.78, 5) is 26.9. The second-order valence-corrected chi connectivity index (χ2v) is 6.28. The number of nitrogens with zero attached hydrogens (tertiary/aromatic N) is 3. The fraction of sp³-hybridized carbons (Fsp3) is 0.421. The minimum atomic E-state index is -0.413. The number of hydrogen-bond donors (Lipinski definition) is 0. The molecule has 6 nitrogen and oxygen atoms in total. The first kappa shape index (κ1) is 17.2. The van der Waals surface area contributed by atoms with E-state index in [1.807, 2.05) is 19.3 Å². The third-order valence-corrected chi connectivity index (χ3v) is 4.61. The van der Waals surface area contributed by atoms with Crippen LogP contribution in [0.4, 0.5) is 5.69 Å². The van der Waals surface area contributed by atoms with Crippen molar-refractivity contribution in [3.05, 3.63) is 47.3 Å². The van der Waals surface area contributed by atoms with Crippen molar-refractivity contribution >= 4 is 17.6 Å². The standard InChI is InChI=1S/C19H23N3O3/c1-4-25-19(24)14-8-5-6-11-17(14)22(3)18(23)13-9-7-10-16-15(13)12-21(2)20-16/h5-6,8,11-13H,4,7,9-10H2,1-3H3/t13-/m1/s1. The highest BCUT2D eigenvalue weighted by molar-refractivity contribution is 6.04. The van der Waals surface area contributed by atoms with Crippen LogP contribution < -0.4 is 4.90 Å². The first-order chi connectivity index (χ1) is 12.0. The van der Waals surface area contributed by atoms with E-state index in [-0.39, 0.29) is 11.8 Å². The highest BCUT2D eigenvalue weighted by atomic mass is 16.5. The topological polar surface area (TPSA) is 64.4 Å². The average molecular weight is 341 g/mol. The summed E-state index contributed by atoms with van der Waals surface area (Å²) in [6, 6.07) is 7.05. The molecule has 0 fully saturated rings. The molecule has 0 aliphatic heterocycles. The number of ether oxygens (including phenoxy) is 1. The number of rotatable bonds is 4. The molecule has 1 atom stereocenters. The fourth-order valence-corrected chi connectivity index (χ4v) is 3.42.